The van der Waals surface area contributed by atoms with Gasteiger partial charge in [0.15, 0.2) is 5.13 Å². The Morgan fingerprint density at radius 2 is 2.00 bits per heavy atom. The summed E-state index contributed by atoms with van der Waals surface area (Å²) in [4.78, 5) is 21.5. The van der Waals surface area contributed by atoms with Crippen LogP contribution < -0.4 is 4.90 Å². The molecule has 29 heavy (non-hydrogen) atoms. The fourth-order valence-corrected chi connectivity index (χ4v) is 4.54. The van der Waals surface area contributed by atoms with Crippen LogP contribution in [0.25, 0.3) is 10.2 Å². The van der Waals surface area contributed by atoms with Crippen LogP contribution in [0.4, 0.5) is 9.52 Å². The van der Waals surface area contributed by atoms with Crippen molar-refractivity contribution in [2.24, 2.45) is 0 Å². The van der Waals surface area contributed by atoms with Crippen LogP contribution in [0.3, 0.4) is 0 Å². The number of halogens is 2. The summed E-state index contributed by atoms with van der Waals surface area (Å²) in [5.74, 6) is -0.484. The Hall–Kier alpha value is -2.06. The molecule has 1 amide bonds. The Morgan fingerprint density at radius 1 is 1.21 bits per heavy atom. The lowest BCUT2D eigenvalue weighted by molar-refractivity contribution is -0.118. The van der Waals surface area contributed by atoms with Crippen molar-refractivity contribution >= 4 is 44.2 Å². The van der Waals surface area contributed by atoms with Crippen molar-refractivity contribution in [3.8, 4) is 0 Å². The minimum atomic E-state index is -0.378. The molecule has 1 aliphatic heterocycles. The summed E-state index contributed by atoms with van der Waals surface area (Å²) in [5, 5.41) is 1.07. The molecule has 0 radical (unpaired) electrons. The van der Waals surface area contributed by atoms with E-state index in [2.05, 4.69) is 9.88 Å². The number of para-hydroxylation sites is 1. The molecule has 2 aromatic carbocycles. The minimum Gasteiger partial charge on any atom is -0.379 e. The third kappa shape index (κ3) is 4.75. The summed E-state index contributed by atoms with van der Waals surface area (Å²) >= 11 is 7.57. The second-order valence-corrected chi connectivity index (χ2v) is 8.27. The maximum Gasteiger partial charge on any atom is 0.233 e. The van der Waals surface area contributed by atoms with Crippen LogP contribution in [0.5, 0.6) is 0 Å². The van der Waals surface area contributed by atoms with E-state index < -0.39 is 0 Å². The SMILES string of the molecule is O=C(Cc1ccccc1Cl)N(CCN1CCOCC1)c1nc2c(F)cccc2s1. The van der Waals surface area contributed by atoms with E-state index in [1.165, 1.54) is 17.4 Å². The van der Waals surface area contributed by atoms with Crippen LogP contribution in [-0.4, -0.2) is 55.2 Å². The Balaban J connectivity index is 1.59. The third-order valence-electron chi connectivity index (χ3n) is 4.93. The molecular weight excluding hydrogens is 413 g/mol. The van der Waals surface area contributed by atoms with E-state index in [0.717, 1.165) is 23.4 Å². The van der Waals surface area contributed by atoms with Crippen LogP contribution in [0.15, 0.2) is 42.5 Å². The van der Waals surface area contributed by atoms with Gasteiger partial charge in [-0.1, -0.05) is 47.2 Å². The van der Waals surface area contributed by atoms with E-state index in [9.17, 15) is 9.18 Å². The van der Waals surface area contributed by atoms with Crippen molar-refractivity contribution < 1.29 is 13.9 Å². The highest BCUT2D eigenvalue weighted by molar-refractivity contribution is 7.22. The first-order valence-corrected chi connectivity index (χ1v) is 10.7. The highest BCUT2D eigenvalue weighted by Crippen LogP contribution is 2.31. The van der Waals surface area contributed by atoms with E-state index in [4.69, 9.17) is 16.3 Å². The first-order valence-electron chi connectivity index (χ1n) is 9.51. The van der Waals surface area contributed by atoms with E-state index in [1.54, 1.807) is 17.0 Å². The third-order valence-corrected chi connectivity index (χ3v) is 6.35. The highest BCUT2D eigenvalue weighted by atomic mass is 35.5. The number of rotatable bonds is 6. The molecule has 0 saturated carbocycles. The summed E-state index contributed by atoms with van der Waals surface area (Å²) in [6, 6.07) is 12.2. The molecule has 1 saturated heterocycles. The Kier molecular flexibility index (Phi) is 6.40. The smallest absolute Gasteiger partial charge is 0.233 e. The van der Waals surface area contributed by atoms with Crippen LogP contribution in [-0.2, 0) is 16.0 Å². The highest BCUT2D eigenvalue weighted by Gasteiger charge is 2.23. The van der Waals surface area contributed by atoms with Crippen molar-refractivity contribution in [2.45, 2.75) is 6.42 Å². The number of nitrogens with zero attached hydrogens (tertiary/aromatic N) is 3. The monoisotopic (exact) mass is 433 g/mol. The number of aromatic nitrogens is 1. The van der Waals surface area contributed by atoms with Gasteiger partial charge in [0.25, 0.3) is 0 Å². The lowest BCUT2D eigenvalue weighted by atomic mass is 10.1. The zero-order valence-electron chi connectivity index (χ0n) is 15.8. The average Bonchev–Trinajstić information content (AvgIpc) is 3.16. The molecule has 0 unspecified atom stereocenters. The van der Waals surface area contributed by atoms with E-state index in [-0.39, 0.29) is 18.1 Å². The van der Waals surface area contributed by atoms with Crippen molar-refractivity contribution in [1.29, 1.82) is 0 Å². The van der Waals surface area contributed by atoms with E-state index in [1.807, 2.05) is 24.3 Å². The number of carbonyl (C=O) groups is 1. The molecule has 0 atom stereocenters. The molecule has 0 N–H and O–H groups in total. The first kappa shape index (κ1) is 20.2. The molecule has 2 heterocycles. The van der Waals surface area contributed by atoms with Crippen LogP contribution in [0.1, 0.15) is 5.56 Å². The normalized spacial score (nSPS) is 15.0. The molecule has 1 aliphatic rings. The van der Waals surface area contributed by atoms with Gasteiger partial charge in [-0.2, -0.15) is 0 Å². The predicted octanol–water partition coefficient (Wildman–Crippen LogP) is 4.00. The topological polar surface area (TPSA) is 45.7 Å². The fourth-order valence-electron chi connectivity index (χ4n) is 3.31. The number of amides is 1. The quantitative estimate of drug-likeness (QED) is 0.589. The molecule has 152 valence electrons. The van der Waals surface area contributed by atoms with Gasteiger partial charge in [-0.05, 0) is 23.8 Å². The maximum absolute atomic E-state index is 14.1. The molecule has 4 rings (SSSR count). The number of morpholine rings is 1. The maximum atomic E-state index is 14.1. The van der Waals surface area contributed by atoms with Gasteiger partial charge in [0.1, 0.15) is 11.3 Å². The van der Waals surface area contributed by atoms with E-state index in [0.29, 0.717) is 42.0 Å². The minimum absolute atomic E-state index is 0.106. The summed E-state index contributed by atoms with van der Waals surface area (Å²) in [6.07, 6.45) is 0.168. The lowest BCUT2D eigenvalue weighted by Crippen LogP contribution is -2.43. The number of benzene rings is 2. The number of hydrogen-bond acceptors (Lipinski definition) is 5. The molecule has 1 fully saturated rings. The molecule has 0 spiro atoms. The zero-order valence-corrected chi connectivity index (χ0v) is 17.4. The van der Waals surface area contributed by atoms with Gasteiger partial charge >= 0.3 is 0 Å². The second kappa shape index (κ2) is 9.17. The average molecular weight is 434 g/mol. The number of fused-ring (bicyclic) bond motifs is 1. The van der Waals surface area contributed by atoms with Gasteiger partial charge in [0.05, 0.1) is 24.3 Å². The van der Waals surface area contributed by atoms with Gasteiger partial charge in [0.2, 0.25) is 5.91 Å². The number of carbonyl (C=O) groups excluding carboxylic acids is 1. The van der Waals surface area contributed by atoms with Gasteiger partial charge in [-0.3, -0.25) is 14.6 Å². The van der Waals surface area contributed by atoms with Crippen LogP contribution in [0.2, 0.25) is 5.02 Å². The Labute approximate surface area is 177 Å². The summed E-state index contributed by atoms with van der Waals surface area (Å²) in [5.41, 5.74) is 1.07. The van der Waals surface area contributed by atoms with Crippen LogP contribution in [0, 0.1) is 5.82 Å². The van der Waals surface area contributed by atoms with Gasteiger partial charge < -0.3 is 4.74 Å². The second-order valence-electron chi connectivity index (χ2n) is 6.85. The standard InChI is InChI=1S/C21H21ClFN3O2S/c22-16-5-2-1-4-15(16)14-19(27)26(9-8-25-10-12-28-13-11-25)21-24-20-17(23)6-3-7-18(20)29-21/h1-7H,8-14H2. The summed E-state index contributed by atoms with van der Waals surface area (Å²) in [6.45, 7) is 4.24. The van der Waals surface area contributed by atoms with E-state index >= 15 is 0 Å². The van der Waals surface area contributed by atoms with Crippen molar-refractivity contribution in [2.75, 3.05) is 44.3 Å². The molecule has 5 nitrogen and oxygen atoms in total. The number of anilines is 1. The fraction of sp³-hybridized carbons (Fsp3) is 0.333. The van der Waals surface area contributed by atoms with Crippen LogP contribution >= 0.6 is 22.9 Å². The number of ether oxygens (including phenoxy) is 1. The number of thiazole rings is 1. The zero-order chi connectivity index (χ0) is 20.2. The Morgan fingerprint density at radius 3 is 2.76 bits per heavy atom. The molecule has 0 bridgehead atoms. The van der Waals surface area contributed by atoms with Gasteiger partial charge in [-0.25, -0.2) is 9.37 Å². The molecular formula is C21H21ClFN3O2S. The predicted molar refractivity (Wildman–Crippen MR) is 114 cm³/mol. The van der Waals surface area contributed by atoms with Gasteiger partial charge in [-0.15, -0.1) is 0 Å². The van der Waals surface area contributed by atoms with Crippen molar-refractivity contribution in [3.63, 3.8) is 0 Å². The molecule has 1 aromatic heterocycles. The summed E-state index contributed by atoms with van der Waals surface area (Å²) in [7, 11) is 0. The first-order chi connectivity index (χ1) is 14.1. The largest absolute Gasteiger partial charge is 0.379 e. The van der Waals surface area contributed by atoms with Crippen molar-refractivity contribution in [1.82, 2.24) is 9.88 Å². The number of hydrogen-bond donors (Lipinski definition) is 0. The van der Waals surface area contributed by atoms with Crippen molar-refractivity contribution in [3.05, 3.63) is 58.9 Å². The molecule has 8 heteroatoms. The lowest BCUT2D eigenvalue weighted by Gasteiger charge is -2.29. The molecule has 3 aromatic rings. The van der Waals surface area contributed by atoms with Gasteiger partial charge in [0, 0.05) is 31.2 Å². The molecule has 0 aliphatic carbocycles. The summed E-state index contributed by atoms with van der Waals surface area (Å²) < 4.78 is 20.3. The Bertz CT molecular complexity index is 1010.